The lowest BCUT2D eigenvalue weighted by molar-refractivity contribution is -0.160. The Kier molecular flexibility index (Phi) is 5.84. The van der Waals surface area contributed by atoms with Crippen molar-refractivity contribution in [3.63, 3.8) is 0 Å². The number of ether oxygens (including phenoxy) is 2. The van der Waals surface area contributed by atoms with Crippen molar-refractivity contribution in [2.75, 3.05) is 14.2 Å². The van der Waals surface area contributed by atoms with Gasteiger partial charge in [-0.3, -0.25) is 4.79 Å². The maximum atomic E-state index is 13.1. The van der Waals surface area contributed by atoms with Crippen molar-refractivity contribution in [1.82, 2.24) is 4.98 Å². The lowest BCUT2D eigenvalue weighted by atomic mass is 9.90. The van der Waals surface area contributed by atoms with Crippen LogP contribution in [0.5, 0.6) is 5.88 Å². The van der Waals surface area contributed by atoms with E-state index in [2.05, 4.69) is 9.87 Å². The molecule has 1 unspecified atom stereocenters. The maximum absolute atomic E-state index is 13.1. The van der Waals surface area contributed by atoms with Crippen molar-refractivity contribution in [2.24, 2.45) is 0 Å². The Balaban J connectivity index is 2.03. The Hall–Kier alpha value is -2.35. The second kappa shape index (κ2) is 8.12. The van der Waals surface area contributed by atoms with Gasteiger partial charge >= 0.3 is 0 Å². The molecule has 0 saturated heterocycles. The zero-order chi connectivity index (χ0) is 19.4. The van der Waals surface area contributed by atoms with Gasteiger partial charge in [0, 0.05) is 28.3 Å². The van der Waals surface area contributed by atoms with Crippen molar-refractivity contribution in [1.29, 1.82) is 0 Å². The molecule has 142 valence electrons. The smallest absolute Gasteiger partial charge is 0.212 e. The van der Waals surface area contributed by atoms with E-state index in [0.29, 0.717) is 29.2 Å². The fraction of sp³-hybridized carbons (Fsp3) is 0.300. The molecule has 1 aliphatic heterocycles. The summed E-state index contributed by atoms with van der Waals surface area (Å²) in [6, 6.07) is 11.1. The van der Waals surface area contributed by atoms with Gasteiger partial charge in [0.25, 0.3) is 0 Å². The molecular weight excluding hydrogens is 366 g/mol. The number of hydrogen-bond donors (Lipinski definition) is 0. The van der Waals surface area contributed by atoms with Crippen LogP contribution in [0, 0.1) is 0 Å². The van der Waals surface area contributed by atoms with E-state index < -0.39 is 5.60 Å². The van der Waals surface area contributed by atoms with Crippen LogP contribution >= 0.6 is 12.0 Å². The van der Waals surface area contributed by atoms with Gasteiger partial charge in [-0.2, -0.15) is 4.33 Å². The number of pyridine rings is 1. The number of benzene rings is 1. The topological polar surface area (TPSA) is 66.9 Å². The second-order valence-corrected chi connectivity index (χ2v) is 6.93. The van der Waals surface area contributed by atoms with Crippen LogP contribution in [0.2, 0.25) is 0 Å². The van der Waals surface area contributed by atoms with E-state index in [1.54, 1.807) is 19.4 Å². The zero-order valence-corrected chi connectivity index (χ0v) is 16.5. The Morgan fingerprint density at radius 3 is 2.37 bits per heavy atom. The van der Waals surface area contributed by atoms with Gasteiger partial charge < -0.3 is 9.47 Å². The number of hydrogen-bond acceptors (Lipinski definition) is 7. The molecule has 7 heteroatoms. The maximum Gasteiger partial charge on any atom is 0.212 e. The third-order valence-electron chi connectivity index (χ3n) is 4.49. The number of carbonyl (C=O) groups excluding carboxylic acids is 1. The molecule has 2 aromatic rings. The molecule has 1 aromatic heterocycles. The average Bonchev–Trinajstić information content (AvgIpc) is 2.98. The number of aromatic nitrogens is 1. The SMILES string of the molecule is CCC1(C)OC(c2ccc(SOOC)cc2)=C(c2ccc(OC)nc2)C1=O. The summed E-state index contributed by atoms with van der Waals surface area (Å²) < 4.78 is 16.1. The highest BCUT2D eigenvalue weighted by molar-refractivity contribution is 7.94. The normalized spacial score (nSPS) is 19.3. The first-order chi connectivity index (χ1) is 13.0. The molecule has 27 heavy (non-hydrogen) atoms. The molecule has 0 spiro atoms. The molecule has 0 aliphatic carbocycles. The van der Waals surface area contributed by atoms with Gasteiger partial charge in [0.1, 0.15) is 5.76 Å². The Bertz CT molecular complexity index is 848. The minimum absolute atomic E-state index is 0.0480. The molecule has 1 aromatic carbocycles. The first-order valence-electron chi connectivity index (χ1n) is 8.48. The number of ketones is 1. The molecule has 0 amide bonds. The van der Waals surface area contributed by atoms with Crippen molar-refractivity contribution < 1.29 is 23.5 Å². The molecule has 3 rings (SSSR count). The molecule has 1 aliphatic rings. The minimum Gasteiger partial charge on any atom is -0.481 e. The van der Waals surface area contributed by atoms with Crippen LogP contribution in [-0.2, 0) is 18.8 Å². The number of methoxy groups -OCH3 is 1. The molecule has 0 bridgehead atoms. The largest absolute Gasteiger partial charge is 0.481 e. The van der Waals surface area contributed by atoms with Crippen molar-refractivity contribution in [3.8, 4) is 5.88 Å². The van der Waals surface area contributed by atoms with Crippen LogP contribution < -0.4 is 4.74 Å². The average molecular weight is 387 g/mol. The molecule has 6 nitrogen and oxygen atoms in total. The van der Waals surface area contributed by atoms with Crippen molar-refractivity contribution in [2.45, 2.75) is 30.8 Å². The zero-order valence-electron chi connectivity index (χ0n) is 15.6. The van der Waals surface area contributed by atoms with Crippen LogP contribution in [0.25, 0.3) is 11.3 Å². The van der Waals surface area contributed by atoms with Gasteiger partial charge in [-0.15, -0.1) is 0 Å². The predicted octanol–water partition coefficient (Wildman–Crippen LogP) is 4.31. The van der Waals surface area contributed by atoms with E-state index in [1.165, 1.54) is 7.11 Å². The molecular formula is C20H21NO5S. The van der Waals surface area contributed by atoms with Crippen LogP contribution in [0.4, 0.5) is 0 Å². The first-order valence-corrected chi connectivity index (χ1v) is 9.23. The highest BCUT2D eigenvalue weighted by atomic mass is 32.2. The molecule has 1 atom stereocenters. The van der Waals surface area contributed by atoms with Crippen LogP contribution in [-0.4, -0.2) is 30.6 Å². The van der Waals surface area contributed by atoms with Gasteiger partial charge in [0.15, 0.2) is 5.60 Å². The highest BCUT2D eigenvalue weighted by Gasteiger charge is 2.45. The third-order valence-corrected chi connectivity index (χ3v) is 5.15. The minimum atomic E-state index is -0.892. The number of Topliss-reactive ketones (excluding diaryl/α,β-unsaturated/α-hetero) is 1. The van der Waals surface area contributed by atoms with Gasteiger partial charge in [-0.05, 0) is 31.5 Å². The van der Waals surface area contributed by atoms with E-state index in [1.807, 2.05) is 44.2 Å². The van der Waals surface area contributed by atoms with Gasteiger partial charge in [0.2, 0.25) is 11.7 Å². The molecule has 0 radical (unpaired) electrons. The highest BCUT2D eigenvalue weighted by Crippen LogP contribution is 2.43. The summed E-state index contributed by atoms with van der Waals surface area (Å²) in [5, 5.41) is 0. The quantitative estimate of drug-likeness (QED) is 0.398. The number of nitrogens with zero attached hydrogens (tertiary/aromatic N) is 1. The fourth-order valence-corrected chi connectivity index (χ4v) is 3.17. The lowest BCUT2D eigenvalue weighted by Gasteiger charge is -2.21. The summed E-state index contributed by atoms with van der Waals surface area (Å²) in [7, 11) is 3.00. The van der Waals surface area contributed by atoms with Crippen LogP contribution in [0.3, 0.4) is 0 Å². The summed E-state index contributed by atoms with van der Waals surface area (Å²) in [4.78, 5) is 22.8. The first kappa shape index (κ1) is 19.4. The molecule has 2 heterocycles. The Morgan fingerprint density at radius 1 is 1.11 bits per heavy atom. The molecule has 0 saturated carbocycles. The monoisotopic (exact) mass is 387 g/mol. The Morgan fingerprint density at radius 2 is 1.81 bits per heavy atom. The summed E-state index contributed by atoms with van der Waals surface area (Å²) in [6.45, 7) is 3.75. The summed E-state index contributed by atoms with van der Waals surface area (Å²) in [5.41, 5.74) is 1.15. The Labute approximate surface area is 162 Å². The molecule has 0 N–H and O–H groups in total. The summed E-state index contributed by atoms with van der Waals surface area (Å²) in [6.07, 6.45) is 2.20. The molecule has 0 fully saturated rings. The van der Waals surface area contributed by atoms with Crippen LogP contribution in [0.1, 0.15) is 31.4 Å². The standard InChI is InChI=1S/C20H21NO5S/c1-5-20(2)19(22)17(14-8-11-16(23-3)21-12-14)18(25-20)13-6-9-15(10-7-13)27-26-24-4/h6-12H,5H2,1-4H3. The van der Waals surface area contributed by atoms with E-state index in [4.69, 9.17) is 13.8 Å². The lowest BCUT2D eigenvalue weighted by Crippen LogP contribution is -2.32. The summed E-state index contributed by atoms with van der Waals surface area (Å²) in [5.74, 6) is 0.999. The number of carbonyl (C=O) groups is 1. The van der Waals surface area contributed by atoms with Gasteiger partial charge in [-0.25, -0.2) is 9.87 Å². The number of rotatable bonds is 7. The van der Waals surface area contributed by atoms with Crippen molar-refractivity contribution >= 4 is 29.2 Å². The second-order valence-electron chi connectivity index (χ2n) is 6.15. The fourth-order valence-electron chi connectivity index (χ4n) is 2.77. The van der Waals surface area contributed by atoms with E-state index in [9.17, 15) is 4.79 Å². The third kappa shape index (κ3) is 3.85. The van der Waals surface area contributed by atoms with Crippen molar-refractivity contribution in [3.05, 3.63) is 53.7 Å². The van der Waals surface area contributed by atoms with Crippen LogP contribution in [0.15, 0.2) is 47.5 Å². The van der Waals surface area contributed by atoms with E-state index in [-0.39, 0.29) is 5.78 Å². The van der Waals surface area contributed by atoms with Gasteiger partial charge in [0.05, 0.1) is 31.8 Å². The summed E-state index contributed by atoms with van der Waals surface area (Å²) >= 11 is 1.11. The predicted molar refractivity (Wildman–Crippen MR) is 103 cm³/mol. The van der Waals surface area contributed by atoms with E-state index in [0.717, 1.165) is 22.5 Å². The van der Waals surface area contributed by atoms with Gasteiger partial charge in [-0.1, -0.05) is 19.1 Å². The van der Waals surface area contributed by atoms with E-state index >= 15 is 0 Å².